The van der Waals surface area contributed by atoms with Crippen LogP contribution >= 0.6 is 11.3 Å². The number of carbonyl (C=O) groups is 2. The zero-order chi connectivity index (χ0) is 12.8. The predicted octanol–water partition coefficient (Wildman–Crippen LogP) is 0.409. The van der Waals surface area contributed by atoms with Crippen LogP contribution < -0.4 is 10.6 Å². The lowest BCUT2D eigenvalue weighted by Crippen LogP contribution is -2.43. The van der Waals surface area contributed by atoms with Crippen LogP contribution in [0.2, 0.25) is 0 Å². The van der Waals surface area contributed by atoms with Crippen LogP contribution in [0.15, 0.2) is 5.38 Å². The molecule has 0 aromatic carbocycles. The molecule has 1 atom stereocenters. The summed E-state index contributed by atoms with van der Waals surface area (Å²) in [6, 6.07) is -1.76. The summed E-state index contributed by atoms with van der Waals surface area (Å²) in [5, 5.41) is 24.2. The average molecular weight is 259 g/mol. The van der Waals surface area contributed by atoms with Crippen LogP contribution in [0.25, 0.3) is 0 Å². The molecule has 0 aliphatic carbocycles. The number of aryl methyl sites for hydroxylation is 1. The number of hydrogen-bond donors (Lipinski definition) is 4. The number of hydrogen-bond acceptors (Lipinski definition) is 5. The number of aliphatic hydroxyl groups is 1. The van der Waals surface area contributed by atoms with Gasteiger partial charge >= 0.3 is 12.0 Å². The molecule has 1 heterocycles. The number of aliphatic carboxylic acids is 1. The van der Waals surface area contributed by atoms with E-state index in [0.29, 0.717) is 5.13 Å². The molecule has 1 aromatic rings. The van der Waals surface area contributed by atoms with Crippen molar-refractivity contribution in [2.45, 2.75) is 19.4 Å². The number of nitrogens with zero attached hydrogens (tertiary/aromatic N) is 1. The second-order valence-electron chi connectivity index (χ2n) is 3.30. The van der Waals surface area contributed by atoms with Gasteiger partial charge < -0.3 is 15.5 Å². The fourth-order valence-electron chi connectivity index (χ4n) is 1.09. The number of nitrogens with one attached hydrogen (secondary N) is 2. The first-order valence-electron chi connectivity index (χ1n) is 4.86. The largest absolute Gasteiger partial charge is 0.480 e. The molecule has 0 fully saturated rings. The number of aliphatic hydroxyl groups excluding tert-OH is 1. The fourth-order valence-corrected chi connectivity index (χ4v) is 1.77. The highest BCUT2D eigenvalue weighted by Crippen LogP contribution is 2.13. The number of carboxylic acids is 1. The van der Waals surface area contributed by atoms with Crippen LogP contribution in [0.5, 0.6) is 0 Å². The zero-order valence-corrected chi connectivity index (χ0v) is 9.95. The maximum absolute atomic E-state index is 11.4. The normalized spacial score (nSPS) is 11.9. The van der Waals surface area contributed by atoms with E-state index in [2.05, 4.69) is 15.6 Å². The summed E-state index contributed by atoms with van der Waals surface area (Å²) < 4.78 is 0. The lowest BCUT2D eigenvalue weighted by Gasteiger charge is -2.12. The number of rotatable bonds is 5. The molecule has 8 heteroatoms. The minimum absolute atomic E-state index is 0.0420. The number of carboxylic acid groups (broad SMARTS) is 1. The maximum atomic E-state index is 11.4. The van der Waals surface area contributed by atoms with E-state index in [9.17, 15) is 9.59 Å². The first-order valence-corrected chi connectivity index (χ1v) is 5.74. The standard InChI is InChI=1S/C9H13N3O4S/c1-5-4-17-9(10-5)12-8(16)11-6(2-3-13)7(14)15/h4,6,13H,2-3H2,1H3,(H,14,15)(H2,10,11,12,16). The van der Waals surface area contributed by atoms with Crippen molar-refractivity contribution in [1.29, 1.82) is 0 Å². The van der Waals surface area contributed by atoms with Crippen molar-refractivity contribution in [3.05, 3.63) is 11.1 Å². The Bertz CT molecular complexity index is 407. The van der Waals surface area contributed by atoms with Crippen LogP contribution in [0.3, 0.4) is 0 Å². The van der Waals surface area contributed by atoms with Gasteiger partial charge in [-0.1, -0.05) is 0 Å². The Balaban J connectivity index is 2.50. The van der Waals surface area contributed by atoms with Crippen molar-refractivity contribution in [3.63, 3.8) is 0 Å². The highest BCUT2D eigenvalue weighted by Gasteiger charge is 2.19. The summed E-state index contributed by atoms with van der Waals surface area (Å²) in [4.78, 5) is 26.1. The number of urea groups is 1. The molecule has 0 bridgehead atoms. The van der Waals surface area contributed by atoms with Crippen molar-refractivity contribution in [2.75, 3.05) is 11.9 Å². The van der Waals surface area contributed by atoms with Crippen molar-refractivity contribution in [3.8, 4) is 0 Å². The Labute approximate surface area is 101 Å². The monoisotopic (exact) mass is 259 g/mol. The Morgan fingerprint density at radius 3 is 2.76 bits per heavy atom. The minimum atomic E-state index is -1.19. The van der Waals surface area contributed by atoms with Gasteiger partial charge in [-0.25, -0.2) is 14.6 Å². The molecule has 1 aromatic heterocycles. The van der Waals surface area contributed by atoms with Gasteiger partial charge in [0.2, 0.25) is 0 Å². The third-order valence-electron chi connectivity index (χ3n) is 1.86. The molecule has 1 rings (SSSR count). The molecule has 1 unspecified atom stereocenters. The molecular formula is C9H13N3O4S. The lowest BCUT2D eigenvalue weighted by molar-refractivity contribution is -0.139. The molecule has 0 saturated heterocycles. The number of aromatic nitrogens is 1. The van der Waals surface area contributed by atoms with Gasteiger partial charge in [0, 0.05) is 18.4 Å². The third-order valence-corrected chi connectivity index (χ3v) is 2.74. The molecule has 2 amide bonds. The maximum Gasteiger partial charge on any atom is 0.326 e. The van der Waals surface area contributed by atoms with Gasteiger partial charge in [-0.3, -0.25) is 5.32 Å². The SMILES string of the molecule is Cc1csc(NC(=O)NC(CCO)C(=O)O)n1. The van der Waals surface area contributed by atoms with Gasteiger partial charge in [0.05, 0.1) is 5.69 Å². The number of amides is 2. The van der Waals surface area contributed by atoms with E-state index in [4.69, 9.17) is 10.2 Å². The molecular weight excluding hydrogens is 246 g/mol. The van der Waals surface area contributed by atoms with E-state index in [1.54, 1.807) is 12.3 Å². The van der Waals surface area contributed by atoms with E-state index in [1.165, 1.54) is 11.3 Å². The third kappa shape index (κ3) is 4.37. The predicted molar refractivity (Wildman–Crippen MR) is 62.1 cm³/mol. The fraction of sp³-hybridized carbons (Fsp3) is 0.444. The van der Waals surface area contributed by atoms with Crippen LogP contribution in [0.4, 0.5) is 9.93 Å². The Morgan fingerprint density at radius 2 is 2.29 bits per heavy atom. The van der Waals surface area contributed by atoms with Gasteiger partial charge in [0.25, 0.3) is 0 Å². The Hall–Kier alpha value is -1.67. The molecule has 94 valence electrons. The van der Waals surface area contributed by atoms with E-state index in [1.807, 2.05) is 0 Å². The Kier molecular flexibility index (Phi) is 4.85. The van der Waals surface area contributed by atoms with Gasteiger partial charge in [-0.2, -0.15) is 0 Å². The molecule has 0 radical (unpaired) electrons. The smallest absolute Gasteiger partial charge is 0.326 e. The molecule has 0 saturated carbocycles. The molecule has 7 nitrogen and oxygen atoms in total. The van der Waals surface area contributed by atoms with Crippen LogP contribution in [-0.2, 0) is 4.79 Å². The summed E-state index contributed by atoms with van der Waals surface area (Å²) in [6.45, 7) is 1.47. The highest BCUT2D eigenvalue weighted by atomic mass is 32.1. The van der Waals surface area contributed by atoms with Crippen molar-refractivity contribution >= 4 is 28.5 Å². The van der Waals surface area contributed by atoms with Gasteiger partial charge in [0.15, 0.2) is 5.13 Å². The zero-order valence-electron chi connectivity index (χ0n) is 9.14. The molecule has 0 aliphatic heterocycles. The minimum Gasteiger partial charge on any atom is -0.480 e. The number of anilines is 1. The highest BCUT2D eigenvalue weighted by molar-refractivity contribution is 7.13. The number of thiazole rings is 1. The summed E-state index contributed by atoms with van der Waals surface area (Å²) in [5.74, 6) is -1.19. The van der Waals surface area contributed by atoms with Crippen LogP contribution in [0, 0.1) is 6.92 Å². The quantitative estimate of drug-likeness (QED) is 0.612. The second kappa shape index (κ2) is 6.16. The molecule has 17 heavy (non-hydrogen) atoms. The number of carbonyl (C=O) groups excluding carboxylic acids is 1. The first-order chi connectivity index (χ1) is 8.02. The van der Waals surface area contributed by atoms with E-state index < -0.39 is 18.0 Å². The first kappa shape index (κ1) is 13.4. The van der Waals surface area contributed by atoms with E-state index in [-0.39, 0.29) is 13.0 Å². The topological polar surface area (TPSA) is 112 Å². The van der Waals surface area contributed by atoms with Gasteiger partial charge in [-0.15, -0.1) is 11.3 Å². The van der Waals surface area contributed by atoms with Crippen molar-refractivity contribution in [1.82, 2.24) is 10.3 Å². The van der Waals surface area contributed by atoms with E-state index in [0.717, 1.165) is 5.69 Å². The molecule has 4 N–H and O–H groups in total. The van der Waals surface area contributed by atoms with Crippen molar-refractivity contribution < 1.29 is 19.8 Å². The molecule has 0 aliphatic rings. The summed E-state index contributed by atoms with van der Waals surface area (Å²) >= 11 is 1.25. The lowest BCUT2D eigenvalue weighted by atomic mass is 10.2. The molecule has 0 spiro atoms. The summed E-state index contributed by atoms with van der Waals surface area (Å²) in [5.41, 5.74) is 0.774. The van der Waals surface area contributed by atoms with Gasteiger partial charge in [-0.05, 0) is 6.92 Å². The van der Waals surface area contributed by atoms with Crippen LogP contribution in [-0.4, -0.2) is 39.8 Å². The van der Waals surface area contributed by atoms with Gasteiger partial charge in [0.1, 0.15) is 6.04 Å². The average Bonchev–Trinajstić information content (AvgIpc) is 2.63. The second-order valence-corrected chi connectivity index (χ2v) is 4.15. The van der Waals surface area contributed by atoms with E-state index >= 15 is 0 Å². The summed E-state index contributed by atoms with van der Waals surface area (Å²) in [7, 11) is 0. The summed E-state index contributed by atoms with van der Waals surface area (Å²) in [6.07, 6.45) is -0.0420. The van der Waals surface area contributed by atoms with Crippen molar-refractivity contribution in [2.24, 2.45) is 0 Å². The van der Waals surface area contributed by atoms with Crippen LogP contribution in [0.1, 0.15) is 12.1 Å². The Morgan fingerprint density at radius 1 is 1.59 bits per heavy atom.